The lowest BCUT2D eigenvalue weighted by molar-refractivity contribution is -0.131. The number of fused-ring (bicyclic) bond motifs is 26. The molecule has 4 amide bonds. The lowest BCUT2D eigenvalue weighted by Gasteiger charge is -2.30. The van der Waals surface area contributed by atoms with Gasteiger partial charge in [0.1, 0.15) is 23.6 Å². The zero-order chi connectivity index (χ0) is 36.8. The van der Waals surface area contributed by atoms with E-state index in [9.17, 15) is 24.3 Å². The second-order valence-electron chi connectivity index (χ2n) is 14.2. The van der Waals surface area contributed by atoms with Crippen molar-refractivity contribution in [2.24, 2.45) is 11.8 Å². The van der Waals surface area contributed by atoms with Crippen LogP contribution in [0.15, 0.2) is 48.5 Å². The fourth-order valence-electron chi connectivity index (χ4n) is 6.23. The molecule has 12 heteroatoms. The van der Waals surface area contributed by atoms with Crippen molar-refractivity contribution in [2.45, 2.75) is 109 Å². The van der Waals surface area contributed by atoms with E-state index in [0.717, 1.165) is 29.7 Å². The Morgan fingerprint density at radius 2 is 1.37 bits per heavy atom. The summed E-state index contributed by atoms with van der Waals surface area (Å²) in [5, 5.41) is 26.8. The molecule has 6 rings (SSSR count). The molecule has 280 valence electrons. The van der Waals surface area contributed by atoms with Crippen LogP contribution in [0.4, 0.5) is 0 Å². The Morgan fingerprint density at radius 3 is 2.00 bits per heavy atom. The van der Waals surface area contributed by atoms with Gasteiger partial charge in [-0.2, -0.15) is 0 Å². The first-order chi connectivity index (χ1) is 24.5. The van der Waals surface area contributed by atoms with Gasteiger partial charge in [-0.05, 0) is 85.8 Å². The van der Waals surface area contributed by atoms with E-state index in [-0.39, 0.29) is 48.4 Å². The van der Waals surface area contributed by atoms with Gasteiger partial charge in [-0.15, -0.1) is 0 Å². The fraction of sp³-hybridized carbons (Fsp3) is 0.590. The number of aliphatic hydroxyl groups excluding tert-OH is 1. The van der Waals surface area contributed by atoms with Crippen molar-refractivity contribution in [1.82, 2.24) is 26.6 Å². The van der Waals surface area contributed by atoms with Crippen molar-refractivity contribution >= 4 is 23.6 Å². The number of amides is 4. The van der Waals surface area contributed by atoms with Crippen LogP contribution in [-0.2, 0) is 32.0 Å². The lowest BCUT2D eigenvalue weighted by atomic mass is 9.96. The zero-order valence-corrected chi connectivity index (χ0v) is 30.5. The van der Waals surface area contributed by atoms with Gasteiger partial charge in [-0.3, -0.25) is 19.2 Å². The van der Waals surface area contributed by atoms with Gasteiger partial charge in [0.2, 0.25) is 23.6 Å². The second-order valence-corrected chi connectivity index (χ2v) is 14.2. The molecule has 0 aliphatic carbocycles. The van der Waals surface area contributed by atoms with E-state index in [1.54, 1.807) is 0 Å². The third-order valence-electron chi connectivity index (χ3n) is 9.69. The van der Waals surface area contributed by atoms with Crippen molar-refractivity contribution in [1.29, 1.82) is 0 Å². The van der Waals surface area contributed by atoms with Crippen molar-refractivity contribution in [3.63, 3.8) is 0 Å². The van der Waals surface area contributed by atoms with E-state index in [1.807, 2.05) is 76.2 Å². The summed E-state index contributed by atoms with van der Waals surface area (Å²) in [6.07, 6.45) is 3.40. The minimum atomic E-state index is -1.12. The summed E-state index contributed by atoms with van der Waals surface area (Å²) in [6, 6.07) is 12.0. The van der Waals surface area contributed by atoms with Crippen LogP contribution in [0.25, 0.3) is 0 Å². The maximum Gasteiger partial charge on any atom is 0.243 e. The van der Waals surface area contributed by atoms with Crippen molar-refractivity contribution in [3.05, 3.63) is 59.7 Å². The maximum absolute atomic E-state index is 13.9. The van der Waals surface area contributed by atoms with Crippen molar-refractivity contribution < 1.29 is 33.8 Å². The summed E-state index contributed by atoms with van der Waals surface area (Å²) in [5.41, 5.74) is 1.74. The maximum atomic E-state index is 13.9. The highest BCUT2D eigenvalue weighted by Crippen LogP contribution is 2.18. The van der Waals surface area contributed by atoms with Crippen LogP contribution in [0, 0.1) is 11.8 Å². The van der Waals surface area contributed by atoms with Gasteiger partial charge in [0, 0.05) is 19.5 Å². The van der Waals surface area contributed by atoms with Gasteiger partial charge >= 0.3 is 0 Å². The molecule has 12 nitrogen and oxygen atoms in total. The summed E-state index contributed by atoms with van der Waals surface area (Å²) in [5.74, 6) is -0.0820. The highest BCUT2D eigenvalue weighted by molar-refractivity contribution is 5.90. The summed E-state index contributed by atoms with van der Waals surface area (Å²) < 4.78 is 11.7. The monoisotopic (exact) mass is 707 g/mol. The first-order valence-corrected chi connectivity index (χ1v) is 18.6. The Balaban J connectivity index is 1.57. The first-order valence-electron chi connectivity index (χ1n) is 18.6. The predicted molar refractivity (Wildman–Crippen MR) is 195 cm³/mol. The SMILES string of the molecule is CCC(C)C1NC(=O)C(NCC(O)C2Cc3ccc(cc3)OCCCCCC(=O)NC(C(C)C)C(=O)N2)Cc2ccc(cc2)OCCCNC1=O. The van der Waals surface area contributed by atoms with E-state index in [1.165, 1.54) is 0 Å². The average Bonchev–Trinajstić information content (AvgIpc) is 3.12. The Hall–Kier alpha value is -4.16. The Morgan fingerprint density at radius 1 is 0.745 bits per heavy atom. The lowest BCUT2D eigenvalue weighted by Crippen LogP contribution is -2.58. The second kappa shape index (κ2) is 20.0. The minimum absolute atomic E-state index is 0.0374. The molecular weight excluding hydrogens is 650 g/mol. The first kappa shape index (κ1) is 39.6. The third kappa shape index (κ3) is 12.5. The molecule has 6 N–H and O–H groups in total. The fourth-order valence-corrected chi connectivity index (χ4v) is 6.23. The standard InChI is InChI=1S/C39H57N5O7/c1-5-26(4)36-38(48)40-19-9-21-51-30-17-13-28(14-18-30)23-32(37(47)44-36)41-24-33(45)31-22-27-11-15-29(16-12-27)50-20-8-6-7-10-34(46)43-35(25(2)3)39(49)42-31/h11-18,25-26,31-33,35-36,41,45H,5-10,19-24H2,1-4H3,(H,40,48)(H,42,49)(H,43,46)(H,44,47). The number of hydrogen-bond acceptors (Lipinski definition) is 8. The molecule has 4 bridgehead atoms. The number of hydrogen-bond donors (Lipinski definition) is 6. The quantitative estimate of drug-likeness (QED) is 0.256. The Kier molecular flexibility index (Phi) is 15.6. The van der Waals surface area contributed by atoms with E-state index < -0.39 is 30.3 Å². The molecule has 0 spiro atoms. The molecular formula is C39H57N5O7. The summed E-state index contributed by atoms with van der Waals surface area (Å²) in [6.45, 7) is 9.01. The Labute approximate surface area is 302 Å². The van der Waals surface area contributed by atoms with Gasteiger partial charge in [0.05, 0.1) is 31.4 Å². The average molecular weight is 708 g/mol. The minimum Gasteiger partial charge on any atom is -0.494 e. The van der Waals surface area contributed by atoms with Crippen LogP contribution in [0.1, 0.15) is 77.3 Å². The molecule has 0 saturated heterocycles. The van der Waals surface area contributed by atoms with Gasteiger partial charge in [0.25, 0.3) is 0 Å². The van der Waals surface area contributed by atoms with Crippen LogP contribution in [0.2, 0.25) is 0 Å². The van der Waals surface area contributed by atoms with Crippen LogP contribution in [0.3, 0.4) is 0 Å². The summed E-state index contributed by atoms with van der Waals surface area (Å²) >= 11 is 0. The van der Waals surface area contributed by atoms with Gasteiger partial charge in [0.15, 0.2) is 0 Å². The van der Waals surface area contributed by atoms with Crippen LogP contribution in [-0.4, -0.2) is 85.3 Å². The van der Waals surface area contributed by atoms with Crippen LogP contribution in [0.5, 0.6) is 11.5 Å². The topological polar surface area (TPSA) is 167 Å². The third-order valence-corrected chi connectivity index (χ3v) is 9.69. The number of ether oxygens (including phenoxy) is 2. The predicted octanol–water partition coefficient (Wildman–Crippen LogP) is 2.80. The molecule has 0 radical (unpaired) electrons. The van der Waals surface area contributed by atoms with Crippen molar-refractivity contribution in [3.8, 4) is 11.5 Å². The van der Waals surface area contributed by atoms with Gasteiger partial charge < -0.3 is 41.2 Å². The Bertz CT molecular complexity index is 1420. The van der Waals surface area contributed by atoms with E-state index in [2.05, 4.69) is 26.6 Å². The molecule has 51 heavy (non-hydrogen) atoms. The molecule has 4 aliphatic rings. The van der Waals surface area contributed by atoms with Crippen molar-refractivity contribution in [2.75, 3.05) is 26.3 Å². The number of aliphatic hydroxyl groups is 1. The molecule has 6 atom stereocenters. The van der Waals surface area contributed by atoms with Gasteiger partial charge in [-0.25, -0.2) is 0 Å². The van der Waals surface area contributed by atoms with E-state index in [0.29, 0.717) is 57.6 Å². The molecule has 4 aliphatic heterocycles. The zero-order valence-electron chi connectivity index (χ0n) is 30.5. The van der Waals surface area contributed by atoms with Gasteiger partial charge in [-0.1, -0.05) is 58.4 Å². The largest absolute Gasteiger partial charge is 0.494 e. The molecule has 2 aromatic rings. The molecule has 2 aromatic carbocycles. The number of carbonyl (C=O) groups is 4. The highest BCUT2D eigenvalue weighted by atomic mass is 16.5. The summed E-state index contributed by atoms with van der Waals surface area (Å²) in [7, 11) is 0. The molecule has 0 aromatic heterocycles. The van der Waals surface area contributed by atoms with Crippen LogP contribution < -0.4 is 36.1 Å². The molecule has 0 saturated carbocycles. The number of nitrogens with one attached hydrogen (secondary N) is 5. The van der Waals surface area contributed by atoms with Crippen LogP contribution >= 0.6 is 0 Å². The molecule has 0 fully saturated rings. The number of rotatable bonds is 7. The number of benzene rings is 2. The highest BCUT2D eigenvalue weighted by Gasteiger charge is 2.32. The van der Waals surface area contributed by atoms with E-state index in [4.69, 9.17) is 9.47 Å². The summed E-state index contributed by atoms with van der Waals surface area (Å²) in [4.78, 5) is 53.6. The molecule has 4 heterocycles. The van der Waals surface area contributed by atoms with E-state index >= 15 is 0 Å². The normalized spacial score (nSPS) is 24.4. The molecule has 6 unspecified atom stereocenters. The smallest absolute Gasteiger partial charge is 0.243 e. The number of carbonyl (C=O) groups excluding carboxylic acids is 4.